The van der Waals surface area contributed by atoms with Crippen molar-refractivity contribution in [2.24, 2.45) is 11.8 Å². The van der Waals surface area contributed by atoms with Crippen LogP contribution in [0, 0.1) is 11.8 Å². The van der Waals surface area contributed by atoms with Gasteiger partial charge in [-0.2, -0.15) is 0 Å². The van der Waals surface area contributed by atoms with Gasteiger partial charge in [0.05, 0.1) is 11.9 Å². The zero-order chi connectivity index (χ0) is 18.3. The van der Waals surface area contributed by atoms with Crippen LogP contribution in [0.4, 0.5) is 5.69 Å². The second-order valence-electron chi connectivity index (χ2n) is 7.37. The minimum Gasteiger partial charge on any atom is -0.340 e. The number of anilines is 1. The fourth-order valence-electron chi connectivity index (χ4n) is 3.74. The summed E-state index contributed by atoms with van der Waals surface area (Å²) in [6.45, 7) is 5.87. The van der Waals surface area contributed by atoms with Crippen LogP contribution in [0.2, 0.25) is 0 Å². The molecule has 1 saturated carbocycles. The van der Waals surface area contributed by atoms with Crippen molar-refractivity contribution in [3.8, 4) is 11.3 Å². The Morgan fingerprint density at radius 2 is 2.04 bits per heavy atom. The van der Waals surface area contributed by atoms with Gasteiger partial charge in [0, 0.05) is 50.1 Å². The molecule has 6 nitrogen and oxygen atoms in total. The number of rotatable bonds is 3. The van der Waals surface area contributed by atoms with Crippen molar-refractivity contribution in [1.29, 1.82) is 0 Å². The fraction of sp³-hybridized carbons (Fsp3) is 0.450. The molecule has 2 amide bonds. The molecule has 1 aliphatic heterocycles. The lowest BCUT2D eigenvalue weighted by molar-refractivity contribution is -0.132. The van der Waals surface area contributed by atoms with Gasteiger partial charge in [0.15, 0.2) is 0 Å². The van der Waals surface area contributed by atoms with Gasteiger partial charge in [-0.15, -0.1) is 0 Å². The molecule has 26 heavy (non-hydrogen) atoms. The van der Waals surface area contributed by atoms with Gasteiger partial charge in [0.1, 0.15) is 5.82 Å². The fourth-order valence-corrected chi connectivity index (χ4v) is 3.74. The van der Waals surface area contributed by atoms with E-state index >= 15 is 0 Å². The van der Waals surface area contributed by atoms with E-state index in [9.17, 15) is 9.59 Å². The van der Waals surface area contributed by atoms with E-state index in [1.807, 2.05) is 35.4 Å². The lowest BCUT2D eigenvalue weighted by Crippen LogP contribution is -2.35. The van der Waals surface area contributed by atoms with Crippen LogP contribution in [0.15, 0.2) is 30.5 Å². The lowest BCUT2D eigenvalue weighted by atomic mass is 10.1. The predicted octanol–water partition coefficient (Wildman–Crippen LogP) is 2.55. The number of benzene rings is 1. The molecule has 0 unspecified atom stereocenters. The van der Waals surface area contributed by atoms with Gasteiger partial charge in [-0.1, -0.05) is 19.1 Å². The molecule has 0 spiro atoms. The maximum Gasteiger partial charge on any atom is 0.226 e. The maximum absolute atomic E-state index is 12.6. The number of hydrogen-bond acceptors (Lipinski definition) is 3. The van der Waals surface area contributed by atoms with Crippen LogP contribution in [0.3, 0.4) is 0 Å². The molecule has 1 N–H and O–H groups in total. The van der Waals surface area contributed by atoms with E-state index in [0.717, 1.165) is 55.2 Å². The molecular formula is C20H24N4O2. The zero-order valence-corrected chi connectivity index (χ0v) is 15.2. The number of carbonyl (C=O) groups excluding carboxylic acids is 2. The molecule has 2 aliphatic rings. The Labute approximate surface area is 153 Å². The molecule has 0 radical (unpaired) electrons. The SMILES string of the molecule is CC(=O)Nc1cccc(-c2cnc3n2CCN(C(=O)[C@H]2C[C@H]2C)CC3)c1. The first-order valence-electron chi connectivity index (χ1n) is 9.24. The third kappa shape index (κ3) is 3.23. The first-order chi connectivity index (χ1) is 12.5. The Hall–Kier alpha value is -2.63. The van der Waals surface area contributed by atoms with Crippen molar-refractivity contribution in [1.82, 2.24) is 14.5 Å². The highest BCUT2D eigenvalue weighted by atomic mass is 16.2. The number of carbonyl (C=O) groups is 2. The molecule has 0 saturated heterocycles. The van der Waals surface area contributed by atoms with E-state index < -0.39 is 0 Å². The van der Waals surface area contributed by atoms with Gasteiger partial charge in [-0.25, -0.2) is 4.98 Å². The Bertz CT molecular complexity index is 857. The van der Waals surface area contributed by atoms with Crippen molar-refractivity contribution in [2.45, 2.75) is 33.2 Å². The zero-order valence-electron chi connectivity index (χ0n) is 15.2. The molecule has 1 fully saturated rings. The highest BCUT2D eigenvalue weighted by Gasteiger charge is 2.41. The largest absolute Gasteiger partial charge is 0.340 e. The van der Waals surface area contributed by atoms with Crippen molar-refractivity contribution in [3.63, 3.8) is 0 Å². The molecule has 1 aromatic heterocycles. The van der Waals surface area contributed by atoms with Gasteiger partial charge in [0.25, 0.3) is 0 Å². The molecule has 1 aliphatic carbocycles. The van der Waals surface area contributed by atoms with E-state index in [1.165, 1.54) is 6.92 Å². The molecule has 4 rings (SSSR count). The standard InChI is InChI=1S/C20H24N4O2/c1-13-10-17(13)20(26)23-7-6-19-21-12-18(24(19)9-8-23)15-4-3-5-16(11-15)22-14(2)25/h3-5,11-13,17H,6-10H2,1-2H3,(H,22,25)/t13-,17+/m1/s1. The summed E-state index contributed by atoms with van der Waals surface area (Å²) in [6, 6.07) is 7.80. The minimum absolute atomic E-state index is 0.0854. The van der Waals surface area contributed by atoms with Crippen molar-refractivity contribution < 1.29 is 9.59 Å². The molecule has 6 heteroatoms. The number of imidazole rings is 1. The third-order valence-corrected chi connectivity index (χ3v) is 5.35. The molecule has 2 atom stereocenters. The minimum atomic E-state index is -0.0854. The summed E-state index contributed by atoms with van der Waals surface area (Å²) in [5.74, 6) is 2.00. The summed E-state index contributed by atoms with van der Waals surface area (Å²) in [4.78, 5) is 30.5. The van der Waals surface area contributed by atoms with E-state index in [-0.39, 0.29) is 11.8 Å². The number of nitrogens with one attached hydrogen (secondary N) is 1. The van der Waals surface area contributed by atoms with Gasteiger partial charge < -0.3 is 14.8 Å². The van der Waals surface area contributed by atoms with Crippen molar-refractivity contribution >= 4 is 17.5 Å². The average molecular weight is 352 g/mol. The number of amides is 2. The van der Waals surface area contributed by atoms with Crippen LogP contribution >= 0.6 is 0 Å². The Morgan fingerprint density at radius 3 is 2.77 bits per heavy atom. The van der Waals surface area contributed by atoms with Crippen LogP contribution in [-0.2, 0) is 22.6 Å². The summed E-state index contributed by atoms with van der Waals surface area (Å²) < 4.78 is 2.20. The van der Waals surface area contributed by atoms with Gasteiger partial charge in [-0.05, 0) is 24.5 Å². The summed E-state index contributed by atoms with van der Waals surface area (Å²) >= 11 is 0. The maximum atomic E-state index is 12.6. The smallest absolute Gasteiger partial charge is 0.226 e. The van der Waals surface area contributed by atoms with Gasteiger partial charge in [-0.3, -0.25) is 9.59 Å². The molecule has 1 aromatic carbocycles. The first kappa shape index (κ1) is 16.8. The van der Waals surface area contributed by atoms with Gasteiger partial charge in [0.2, 0.25) is 11.8 Å². The number of aromatic nitrogens is 2. The molecule has 2 aromatic rings. The van der Waals surface area contributed by atoms with E-state index in [1.54, 1.807) is 0 Å². The number of hydrogen-bond donors (Lipinski definition) is 1. The molecule has 0 bridgehead atoms. The second kappa shape index (κ2) is 6.59. The van der Waals surface area contributed by atoms with Crippen molar-refractivity contribution in [3.05, 3.63) is 36.3 Å². The normalized spacial score (nSPS) is 21.7. The summed E-state index contributed by atoms with van der Waals surface area (Å²) in [6.07, 6.45) is 3.70. The predicted molar refractivity (Wildman–Crippen MR) is 99.5 cm³/mol. The van der Waals surface area contributed by atoms with E-state index in [4.69, 9.17) is 0 Å². The van der Waals surface area contributed by atoms with Crippen LogP contribution in [0.1, 0.15) is 26.1 Å². The third-order valence-electron chi connectivity index (χ3n) is 5.35. The monoisotopic (exact) mass is 352 g/mol. The highest BCUT2D eigenvalue weighted by Crippen LogP contribution is 2.39. The topological polar surface area (TPSA) is 67.2 Å². The molecule has 2 heterocycles. The van der Waals surface area contributed by atoms with Gasteiger partial charge >= 0.3 is 0 Å². The van der Waals surface area contributed by atoms with Crippen LogP contribution in [0.5, 0.6) is 0 Å². The quantitative estimate of drug-likeness (QED) is 0.923. The summed E-state index contributed by atoms with van der Waals surface area (Å²) in [7, 11) is 0. The van der Waals surface area contributed by atoms with E-state index in [2.05, 4.69) is 21.8 Å². The number of nitrogens with zero attached hydrogens (tertiary/aromatic N) is 3. The summed E-state index contributed by atoms with van der Waals surface area (Å²) in [5.41, 5.74) is 2.82. The Balaban J connectivity index is 1.55. The first-order valence-corrected chi connectivity index (χ1v) is 9.24. The van der Waals surface area contributed by atoms with Crippen molar-refractivity contribution in [2.75, 3.05) is 18.4 Å². The Kier molecular flexibility index (Phi) is 4.26. The van der Waals surface area contributed by atoms with E-state index in [0.29, 0.717) is 11.8 Å². The average Bonchev–Trinajstić information content (AvgIpc) is 3.27. The number of fused-ring (bicyclic) bond motifs is 1. The molecular weight excluding hydrogens is 328 g/mol. The highest BCUT2D eigenvalue weighted by molar-refractivity contribution is 5.89. The van der Waals surface area contributed by atoms with Crippen LogP contribution < -0.4 is 5.32 Å². The lowest BCUT2D eigenvalue weighted by Gasteiger charge is -2.20. The Morgan fingerprint density at radius 1 is 1.23 bits per heavy atom. The van der Waals surface area contributed by atoms with Crippen LogP contribution in [-0.4, -0.2) is 39.4 Å². The van der Waals surface area contributed by atoms with Crippen LogP contribution in [0.25, 0.3) is 11.3 Å². The molecule has 136 valence electrons. The second-order valence-corrected chi connectivity index (χ2v) is 7.37. The summed E-state index contributed by atoms with van der Waals surface area (Å²) in [5, 5.41) is 2.82.